The van der Waals surface area contributed by atoms with Gasteiger partial charge >= 0.3 is 0 Å². The van der Waals surface area contributed by atoms with E-state index in [1.165, 1.54) is 5.56 Å². The number of amides is 1. The average Bonchev–Trinajstić information content (AvgIpc) is 2.89. The molecule has 1 aliphatic rings. The van der Waals surface area contributed by atoms with Gasteiger partial charge in [0.15, 0.2) is 0 Å². The van der Waals surface area contributed by atoms with Gasteiger partial charge < -0.3 is 10.0 Å². The van der Waals surface area contributed by atoms with Gasteiger partial charge in [-0.25, -0.2) is 0 Å². The zero-order valence-electron chi connectivity index (χ0n) is 22.0. The Kier molecular flexibility index (Phi) is 8.44. The molecule has 0 saturated carbocycles. The smallest absolute Gasteiger partial charge is 0.253 e. The second kappa shape index (κ2) is 11.7. The maximum absolute atomic E-state index is 12.9. The van der Waals surface area contributed by atoms with E-state index in [1.54, 1.807) is 6.07 Å². The molecule has 1 heterocycles. The van der Waals surface area contributed by atoms with Crippen molar-refractivity contribution in [3.05, 3.63) is 101 Å². The number of hydrogen-bond donors (Lipinski definition) is 1. The number of piperazine rings is 1. The molecule has 3 aromatic rings. The molecule has 4 rings (SSSR count). The number of aromatic hydroxyl groups is 1. The van der Waals surface area contributed by atoms with Crippen molar-refractivity contribution in [2.75, 3.05) is 26.2 Å². The Hall–Kier alpha value is -3.15. The van der Waals surface area contributed by atoms with Crippen LogP contribution in [-0.4, -0.2) is 64.0 Å². The van der Waals surface area contributed by atoms with Crippen LogP contribution in [0.4, 0.5) is 0 Å². The Balaban J connectivity index is 1.62. The number of nitrogens with zero attached hydrogens (tertiary/aromatic N) is 3. The first-order valence-corrected chi connectivity index (χ1v) is 13.1. The highest BCUT2D eigenvalue weighted by Crippen LogP contribution is 2.35. The van der Waals surface area contributed by atoms with Gasteiger partial charge in [0.25, 0.3) is 5.91 Å². The summed E-state index contributed by atoms with van der Waals surface area (Å²) in [6.07, 6.45) is 0. The quantitative estimate of drug-likeness (QED) is 0.454. The van der Waals surface area contributed by atoms with E-state index in [9.17, 15) is 9.90 Å². The molecule has 5 nitrogen and oxygen atoms in total. The number of hydrogen-bond acceptors (Lipinski definition) is 4. The van der Waals surface area contributed by atoms with Crippen LogP contribution in [0.3, 0.4) is 0 Å². The van der Waals surface area contributed by atoms with Crippen molar-refractivity contribution in [1.29, 1.82) is 0 Å². The number of phenols is 1. The molecule has 3 aromatic carbocycles. The molecule has 0 aliphatic carbocycles. The van der Waals surface area contributed by atoms with Gasteiger partial charge in [0.1, 0.15) is 5.75 Å². The lowest BCUT2D eigenvalue weighted by atomic mass is 9.92. The molecule has 190 valence electrons. The fourth-order valence-electron chi connectivity index (χ4n) is 5.39. The third-order valence-corrected chi connectivity index (χ3v) is 7.43. The van der Waals surface area contributed by atoms with Gasteiger partial charge in [-0.05, 0) is 68.7 Å². The van der Waals surface area contributed by atoms with Gasteiger partial charge in [0, 0.05) is 50.4 Å². The van der Waals surface area contributed by atoms with Gasteiger partial charge in [-0.15, -0.1) is 0 Å². The largest absolute Gasteiger partial charge is 0.508 e. The number of rotatable bonds is 8. The molecule has 0 spiro atoms. The van der Waals surface area contributed by atoms with Gasteiger partial charge in [0.2, 0.25) is 0 Å². The molecule has 0 radical (unpaired) electrons. The fourth-order valence-corrected chi connectivity index (χ4v) is 5.39. The first-order chi connectivity index (χ1) is 17.4. The summed E-state index contributed by atoms with van der Waals surface area (Å²) in [5.41, 5.74) is 4.25. The lowest BCUT2D eigenvalue weighted by molar-refractivity contribution is 0.0195. The highest BCUT2D eigenvalue weighted by molar-refractivity contribution is 5.94. The summed E-state index contributed by atoms with van der Waals surface area (Å²) in [5, 5.41) is 10.3. The van der Waals surface area contributed by atoms with E-state index in [0.29, 0.717) is 30.7 Å². The number of phenolic OH excluding ortho intramolecular Hbond substituents is 1. The third kappa shape index (κ3) is 5.80. The SMILES string of the molecule is CCN(CC)C(=O)c1ccc(C(c2cccc(O)c2)N2CC(C)N(Cc3ccccc3)CC2C)cc1. The Morgan fingerprint density at radius 3 is 2.22 bits per heavy atom. The molecule has 1 fully saturated rings. The molecule has 1 aliphatic heterocycles. The monoisotopic (exact) mass is 485 g/mol. The van der Waals surface area contributed by atoms with E-state index in [4.69, 9.17) is 0 Å². The van der Waals surface area contributed by atoms with Crippen LogP contribution in [0.1, 0.15) is 60.8 Å². The topological polar surface area (TPSA) is 47.0 Å². The van der Waals surface area contributed by atoms with E-state index in [1.807, 2.05) is 43.0 Å². The normalized spacial score (nSPS) is 19.7. The molecule has 1 saturated heterocycles. The maximum Gasteiger partial charge on any atom is 0.253 e. The van der Waals surface area contributed by atoms with Crippen molar-refractivity contribution < 1.29 is 9.90 Å². The van der Waals surface area contributed by atoms with Crippen molar-refractivity contribution in [2.45, 2.75) is 52.4 Å². The van der Waals surface area contributed by atoms with Crippen LogP contribution in [0.2, 0.25) is 0 Å². The van der Waals surface area contributed by atoms with Crippen LogP contribution in [-0.2, 0) is 6.54 Å². The van der Waals surface area contributed by atoms with Crippen molar-refractivity contribution in [3.8, 4) is 5.75 Å². The maximum atomic E-state index is 12.9. The predicted molar refractivity (Wildman–Crippen MR) is 146 cm³/mol. The summed E-state index contributed by atoms with van der Waals surface area (Å²) in [6.45, 7) is 12.8. The zero-order valence-corrected chi connectivity index (χ0v) is 22.0. The van der Waals surface area contributed by atoms with Crippen LogP contribution in [0.5, 0.6) is 5.75 Å². The summed E-state index contributed by atoms with van der Waals surface area (Å²) in [5.74, 6) is 0.339. The second-order valence-electron chi connectivity index (χ2n) is 9.91. The Morgan fingerprint density at radius 1 is 0.889 bits per heavy atom. The standard InChI is InChI=1S/C31H39N3O2/c1-5-32(6-2)31(36)27-17-15-26(16-18-27)30(28-13-10-14-29(35)19-28)34-21-23(3)33(20-24(34)4)22-25-11-8-7-9-12-25/h7-19,23-24,30,35H,5-6,20-22H2,1-4H3. The van der Waals surface area contributed by atoms with Crippen LogP contribution in [0.15, 0.2) is 78.9 Å². The van der Waals surface area contributed by atoms with Gasteiger partial charge in [0.05, 0.1) is 6.04 Å². The van der Waals surface area contributed by atoms with Crippen LogP contribution >= 0.6 is 0 Å². The van der Waals surface area contributed by atoms with E-state index in [2.05, 4.69) is 72.2 Å². The van der Waals surface area contributed by atoms with Crippen molar-refractivity contribution >= 4 is 5.91 Å². The minimum Gasteiger partial charge on any atom is -0.508 e. The molecular weight excluding hydrogens is 446 g/mol. The van der Waals surface area contributed by atoms with E-state index < -0.39 is 0 Å². The molecule has 0 aromatic heterocycles. The predicted octanol–water partition coefficient (Wildman–Crippen LogP) is 5.56. The van der Waals surface area contributed by atoms with Crippen LogP contribution in [0.25, 0.3) is 0 Å². The van der Waals surface area contributed by atoms with Gasteiger partial charge in [-0.2, -0.15) is 0 Å². The highest BCUT2D eigenvalue weighted by Gasteiger charge is 2.35. The summed E-state index contributed by atoms with van der Waals surface area (Å²) >= 11 is 0. The fraction of sp³-hybridized carbons (Fsp3) is 0.387. The van der Waals surface area contributed by atoms with Crippen molar-refractivity contribution in [3.63, 3.8) is 0 Å². The minimum absolute atomic E-state index is 0.00830. The molecular formula is C31H39N3O2. The average molecular weight is 486 g/mol. The van der Waals surface area contributed by atoms with Crippen molar-refractivity contribution in [1.82, 2.24) is 14.7 Å². The Labute approximate surface area is 216 Å². The summed E-state index contributed by atoms with van der Waals surface area (Å²) in [6, 6.07) is 27.0. The van der Waals surface area contributed by atoms with E-state index in [-0.39, 0.29) is 17.7 Å². The lowest BCUT2D eigenvalue weighted by Crippen LogP contribution is -2.56. The van der Waals surface area contributed by atoms with E-state index in [0.717, 1.165) is 30.8 Å². The molecule has 5 heteroatoms. The Bertz CT molecular complexity index is 1130. The molecule has 36 heavy (non-hydrogen) atoms. The van der Waals surface area contributed by atoms with E-state index >= 15 is 0 Å². The first kappa shape index (κ1) is 25.9. The first-order valence-electron chi connectivity index (χ1n) is 13.1. The van der Waals surface area contributed by atoms with Crippen LogP contribution < -0.4 is 0 Å². The van der Waals surface area contributed by atoms with Gasteiger partial charge in [-0.1, -0.05) is 54.6 Å². The van der Waals surface area contributed by atoms with Gasteiger partial charge in [-0.3, -0.25) is 14.6 Å². The molecule has 0 bridgehead atoms. The second-order valence-corrected chi connectivity index (χ2v) is 9.91. The summed E-state index contributed by atoms with van der Waals surface area (Å²) < 4.78 is 0. The van der Waals surface area contributed by atoms with Crippen molar-refractivity contribution in [2.24, 2.45) is 0 Å². The number of carbonyl (C=O) groups is 1. The zero-order chi connectivity index (χ0) is 25.7. The minimum atomic E-state index is -0.00830. The summed E-state index contributed by atoms with van der Waals surface area (Å²) in [7, 11) is 0. The highest BCUT2D eigenvalue weighted by atomic mass is 16.3. The lowest BCUT2D eigenvalue weighted by Gasteiger charge is -2.47. The molecule has 1 N–H and O–H groups in total. The third-order valence-electron chi connectivity index (χ3n) is 7.43. The number of carbonyl (C=O) groups excluding carboxylic acids is 1. The molecule has 1 amide bonds. The molecule has 3 atom stereocenters. The Morgan fingerprint density at radius 2 is 1.58 bits per heavy atom. The van der Waals surface area contributed by atoms with Crippen LogP contribution in [0, 0.1) is 0 Å². The number of benzene rings is 3. The molecule has 3 unspecified atom stereocenters. The summed E-state index contributed by atoms with van der Waals surface area (Å²) in [4.78, 5) is 19.8.